The highest BCUT2D eigenvalue weighted by molar-refractivity contribution is 5.95. The van der Waals surface area contributed by atoms with Crippen LogP contribution in [0.15, 0.2) is 24.3 Å². The third-order valence-electron chi connectivity index (χ3n) is 3.56. The fourth-order valence-electron chi connectivity index (χ4n) is 2.30. The largest absolute Gasteiger partial charge is 0.480 e. The van der Waals surface area contributed by atoms with Crippen LogP contribution in [-0.2, 0) is 9.59 Å². The Bertz CT molecular complexity index is 520. The predicted molar refractivity (Wildman–Crippen MR) is 95.3 cm³/mol. The van der Waals surface area contributed by atoms with Gasteiger partial charge in [0.1, 0.15) is 6.04 Å². The van der Waals surface area contributed by atoms with Gasteiger partial charge < -0.3 is 10.4 Å². The van der Waals surface area contributed by atoms with Crippen LogP contribution in [0.4, 0.5) is 5.69 Å². The first-order valence-electron chi connectivity index (χ1n) is 7.75. The number of benzene rings is 1. The van der Waals surface area contributed by atoms with Gasteiger partial charge in [0.15, 0.2) is 0 Å². The zero-order valence-electron chi connectivity index (χ0n) is 14.1. The quantitative estimate of drug-likeness (QED) is 0.676. The third-order valence-corrected chi connectivity index (χ3v) is 3.56. The highest BCUT2D eigenvalue weighted by Gasteiger charge is 2.22. The zero-order valence-corrected chi connectivity index (χ0v) is 14.9. The lowest BCUT2D eigenvalue weighted by Gasteiger charge is -2.20. The number of hydrogen-bond donors (Lipinski definition) is 3. The number of carbonyl (C=O) groups is 2. The Morgan fingerprint density at radius 2 is 1.78 bits per heavy atom. The molecule has 23 heavy (non-hydrogen) atoms. The number of rotatable bonds is 8. The Morgan fingerprint density at radius 1 is 1.17 bits per heavy atom. The summed E-state index contributed by atoms with van der Waals surface area (Å²) in [5.74, 6) is -0.855. The van der Waals surface area contributed by atoms with Crippen molar-refractivity contribution >= 4 is 30.0 Å². The van der Waals surface area contributed by atoms with Crippen molar-refractivity contribution in [2.45, 2.75) is 58.5 Å². The Kier molecular flexibility index (Phi) is 9.53. The van der Waals surface area contributed by atoms with Gasteiger partial charge in [0.25, 0.3) is 0 Å². The third kappa shape index (κ3) is 6.59. The van der Waals surface area contributed by atoms with E-state index in [9.17, 15) is 9.59 Å². The van der Waals surface area contributed by atoms with Gasteiger partial charge in [-0.25, -0.2) is 0 Å². The molecule has 0 aliphatic carbocycles. The monoisotopic (exact) mass is 342 g/mol. The average Bonchev–Trinajstić information content (AvgIpc) is 2.46. The molecule has 1 rings (SSSR count). The van der Waals surface area contributed by atoms with Crippen molar-refractivity contribution in [3.05, 3.63) is 29.8 Å². The molecule has 3 N–H and O–H groups in total. The minimum Gasteiger partial charge on any atom is -0.480 e. The van der Waals surface area contributed by atoms with Crippen LogP contribution < -0.4 is 10.6 Å². The van der Waals surface area contributed by atoms with Crippen molar-refractivity contribution in [2.75, 3.05) is 5.32 Å². The van der Waals surface area contributed by atoms with Crippen LogP contribution in [0.5, 0.6) is 0 Å². The summed E-state index contributed by atoms with van der Waals surface area (Å²) in [5, 5.41) is 14.9. The number of para-hydroxylation sites is 1. The van der Waals surface area contributed by atoms with Crippen molar-refractivity contribution in [2.24, 2.45) is 0 Å². The maximum Gasteiger partial charge on any atom is 0.320 e. The van der Waals surface area contributed by atoms with E-state index in [1.807, 2.05) is 31.2 Å². The van der Waals surface area contributed by atoms with Gasteiger partial charge >= 0.3 is 5.97 Å². The molecule has 2 unspecified atom stereocenters. The number of halogens is 1. The van der Waals surface area contributed by atoms with Crippen LogP contribution in [0.25, 0.3) is 0 Å². The van der Waals surface area contributed by atoms with Gasteiger partial charge in [-0.15, -0.1) is 12.4 Å². The van der Waals surface area contributed by atoms with E-state index in [2.05, 4.69) is 24.5 Å². The number of carbonyl (C=O) groups excluding carboxylic acids is 1. The van der Waals surface area contributed by atoms with Gasteiger partial charge in [-0.2, -0.15) is 0 Å². The first-order chi connectivity index (χ1) is 10.4. The van der Waals surface area contributed by atoms with Crippen LogP contribution in [0, 0.1) is 0 Å². The summed E-state index contributed by atoms with van der Waals surface area (Å²) < 4.78 is 0. The van der Waals surface area contributed by atoms with E-state index in [1.54, 1.807) is 6.92 Å². The van der Waals surface area contributed by atoms with Crippen LogP contribution in [0.3, 0.4) is 0 Å². The van der Waals surface area contributed by atoms with E-state index in [1.165, 1.54) is 0 Å². The second-order valence-electron chi connectivity index (χ2n) is 5.80. The lowest BCUT2D eigenvalue weighted by atomic mass is 10.0. The molecule has 0 bridgehead atoms. The molecular weight excluding hydrogens is 316 g/mol. The molecule has 5 nitrogen and oxygen atoms in total. The Labute approximate surface area is 144 Å². The average molecular weight is 343 g/mol. The van der Waals surface area contributed by atoms with Gasteiger partial charge in [0.2, 0.25) is 5.91 Å². The molecule has 0 saturated carbocycles. The molecule has 0 aliphatic heterocycles. The minimum atomic E-state index is -0.927. The summed E-state index contributed by atoms with van der Waals surface area (Å²) in [5.41, 5.74) is 1.84. The normalized spacial score (nSPS) is 13.1. The molecule has 130 valence electrons. The van der Waals surface area contributed by atoms with Crippen molar-refractivity contribution in [3.63, 3.8) is 0 Å². The highest BCUT2D eigenvalue weighted by Crippen LogP contribution is 2.23. The van der Waals surface area contributed by atoms with Crippen LogP contribution in [0.1, 0.15) is 52.0 Å². The number of anilines is 1. The Hall–Kier alpha value is -1.59. The van der Waals surface area contributed by atoms with Gasteiger partial charge in [0, 0.05) is 5.69 Å². The molecule has 1 amide bonds. The van der Waals surface area contributed by atoms with Crippen molar-refractivity contribution < 1.29 is 14.7 Å². The second kappa shape index (κ2) is 10.2. The summed E-state index contributed by atoms with van der Waals surface area (Å²) in [7, 11) is 0. The maximum atomic E-state index is 12.3. The predicted octanol–water partition coefficient (Wildman–Crippen LogP) is 3.40. The zero-order chi connectivity index (χ0) is 16.7. The number of carboxylic acid groups (broad SMARTS) is 1. The molecule has 1 aromatic carbocycles. The minimum absolute atomic E-state index is 0. The van der Waals surface area contributed by atoms with Crippen LogP contribution in [-0.4, -0.2) is 29.1 Å². The first kappa shape index (κ1) is 21.4. The van der Waals surface area contributed by atoms with Crippen molar-refractivity contribution in [3.8, 4) is 0 Å². The van der Waals surface area contributed by atoms with Crippen molar-refractivity contribution in [1.29, 1.82) is 0 Å². The van der Waals surface area contributed by atoms with E-state index in [0.717, 1.165) is 17.7 Å². The topological polar surface area (TPSA) is 78.4 Å². The van der Waals surface area contributed by atoms with Gasteiger partial charge in [0.05, 0.1) is 6.04 Å². The van der Waals surface area contributed by atoms with Gasteiger partial charge in [-0.1, -0.05) is 45.4 Å². The second-order valence-corrected chi connectivity index (χ2v) is 5.80. The fraction of sp³-hybridized carbons (Fsp3) is 0.529. The summed E-state index contributed by atoms with van der Waals surface area (Å²) in [6.45, 7) is 7.73. The van der Waals surface area contributed by atoms with E-state index >= 15 is 0 Å². The summed E-state index contributed by atoms with van der Waals surface area (Å²) in [6.07, 6.45) is 1.24. The number of hydrogen-bond acceptors (Lipinski definition) is 3. The SMILES string of the molecule is CCCC(NC(C)C(=O)Nc1ccccc1C(C)C)C(=O)O.Cl. The molecular formula is C17H27ClN2O3. The molecule has 0 radical (unpaired) electrons. The maximum absolute atomic E-state index is 12.3. The van der Waals surface area contributed by atoms with Crippen LogP contribution >= 0.6 is 12.4 Å². The number of amides is 1. The van der Waals surface area contributed by atoms with Gasteiger partial charge in [-0.05, 0) is 30.9 Å². The van der Waals surface area contributed by atoms with E-state index in [0.29, 0.717) is 12.3 Å². The molecule has 0 fully saturated rings. The lowest BCUT2D eigenvalue weighted by Crippen LogP contribution is -2.47. The Morgan fingerprint density at radius 3 is 2.30 bits per heavy atom. The molecule has 0 aromatic heterocycles. The van der Waals surface area contributed by atoms with E-state index in [4.69, 9.17) is 5.11 Å². The number of aliphatic carboxylic acids is 1. The smallest absolute Gasteiger partial charge is 0.320 e. The molecule has 2 atom stereocenters. The summed E-state index contributed by atoms with van der Waals surface area (Å²) >= 11 is 0. The van der Waals surface area contributed by atoms with E-state index < -0.39 is 18.1 Å². The van der Waals surface area contributed by atoms with Crippen molar-refractivity contribution in [1.82, 2.24) is 5.32 Å². The number of carboxylic acids is 1. The first-order valence-corrected chi connectivity index (χ1v) is 7.75. The molecule has 0 saturated heterocycles. The molecule has 0 heterocycles. The molecule has 1 aromatic rings. The van der Waals surface area contributed by atoms with Gasteiger partial charge in [-0.3, -0.25) is 14.9 Å². The summed E-state index contributed by atoms with van der Waals surface area (Å²) in [6, 6.07) is 6.38. The molecule has 0 aliphatic rings. The summed E-state index contributed by atoms with van der Waals surface area (Å²) in [4.78, 5) is 23.4. The highest BCUT2D eigenvalue weighted by atomic mass is 35.5. The molecule has 0 spiro atoms. The molecule has 6 heteroatoms. The number of nitrogens with one attached hydrogen (secondary N) is 2. The van der Waals surface area contributed by atoms with E-state index in [-0.39, 0.29) is 18.3 Å². The lowest BCUT2D eigenvalue weighted by molar-refractivity contribution is -0.140. The van der Waals surface area contributed by atoms with Crippen LogP contribution in [0.2, 0.25) is 0 Å². The standard InChI is InChI=1S/C17H26N2O3.ClH/c1-5-8-15(17(21)22)18-12(4)16(20)19-14-10-7-6-9-13(14)11(2)3;/h6-7,9-12,15,18H,5,8H2,1-4H3,(H,19,20)(H,21,22);1H. The Balaban J connectivity index is 0.00000484. The fourth-order valence-corrected chi connectivity index (χ4v) is 2.30.